The Morgan fingerprint density at radius 1 is 1.43 bits per heavy atom. The molecule has 0 aliphatic carbocycles. The summed E-state index contributed by atoms with van der Waals surface area (Å²) < 4.78 is 14.6. The van der Waals surface area contributed by atoms with E-state index in [0.717, 1.165) is 17.8 Å². The molecule has 23 heavy (non-hydrogen) atoms. The predicted octanol–water partition coefficient (Wildman–Crippen LogP) is 2.85. The van der Waals surface area contributed by atoms with Crippen LogP contribution in [0.2, 0.25) is 5.15 Å². The minimum atomic E-state index is -0.271. The molecule has 0 bridgehead atoms. The van der Waals surface area contributed by atoms with Gasteiger partial charge in [-0.25, -0.2) is 9.07 Å². The maximum Gasteiger partial charge on any atom is 0.186 e. The molecule has 8 heteroatoms. The summed E-state index contributed by atoms with van der Waals surface area (Å²) in [6, 6.07) is 6.22. The maximum atomic E-state index is 12.9. The molecule has 1 aromatic heterocycles. The summed E-state index contributed by atoms with van der Waals surface area (Å²) >= 11 is 11.4. The molecule has 0 saturated carbocycles. The van der Waals surface area contributed by atoms with Crippen molar-refractivity contribution in [2.75, 3.05) is 6.54 Å². The van der Waals surface area contributed by atoms with Crippen molar-refractivity contribution < 1.29 is 4.39 Å². The summed E-state index contributed by atoms with van der Waals surface area (Å²) in [5, 5.41) is 12.3. The fraction of sp³-hybridized carbons (Fsp3) is 0.267. The Morgan fingerprint density at radius 3 is 2.78 bits per heavy atom. The van der Waals surface area contributed by atoms with Gasteiger partial charge in [0.15, 0.2) is 5.11 Å². The highest BCUT2D eigenvalue weighted by molar-refractivity contribution is 7.80. The van der Waals surface area contributed by atoms with Crippen molar-refractivity contribution >= 4 is 35.1 Å². The van der Waals surface area contributed by atoms with Gasteiger partial charge in [0.25, 0.3) is 0 Å². The summed E-state index contributed by atoms with van der Waals surface area (Å²) in [5.41, 5.74) is 5.07. The summed E-state index contributed by atoms with van der Waals surface area (Å²) in [4.78, 5) is 0. The van der Waals surface area contributed by atoms with Crippen molar-refractivity contribution in [3.8, 4) is 0 Å². The summed E-state index contributed by atoms with van der Waals surface area (Å²) in [6.45, 7) is 4.96. The van der Waals surface area contributed by atoms with E-state index in [9.17, 15) is 4.39 Å². The van der Waals surface area contributed by atoms with Gasteiger partial charge in [0, 0.05) is 6.54 Å². The van der Waals surface area contributed by atoms with E-state index in [1.807, 2.05) is 13.8 Å². The Morgan fingerprint density at radius 2 is 2.13 bits per heavy atom. The number of hydrazone groups is 1. The molecule has 2 N–H and O–H groups in total. The Balaban J connectivity index is 2.11. The minimum absolute atomic E-state index is 0.271. The number of aromatic nitrogens is 2. The normalized spacial score (nSPS) is 11.0. The number of aryl methyl sites for hydroxylation is 1. The van der Waals surface area contributed by atoms with Crippen molar-refractivity contribution in [2.45, 2.75) is 20.4 Å². The largest absolute Gasteiger partial charge is 0.362 e. The molecule has 2 rings (SSSR count). The van der Waals surface area contributed by atoms with Crippen molar-refractivity contribution in [1.29, 1.82) is 0 Å². The Kier molecular flexibility index (Phi) is 6.06. The molecule has 0 radical (unpaired) electrons. The van der Waals surface area contributed by atoms with Crippen molar-refractivity contribution in [1.82, 2.24) is 20.5 Å². The first kappa shape index (κ1) is 17.4. The Labute approximate surface area is 144 Å². The van der Waals surface area contributed by atoms with Crippen LogP contribution in [0.15, 0.2) is 29.4 Å². The number of halogens is 2. The van der Waals surface area contributed by atoms with Gasteiger partial charge in [-0.15, -0.1) is 0 Å². The van der Waals surface area contributed by atoms with Gasteiger partial charge in [0.1, 0.15) is 11.0 Å². The molecule has 2 aromatic rings. The lowest BCUT2D eigenvalue weighted by molar-refractivity contribution is 0.624. The van der Waals surface area contributed by atoms with Crippen LogP contribution in [0.25, 0.3) is 0 Å². The second kappa shape index (κ2) is 8.03. The summed E-state index contributed by atoms with van der Waals surface area (Å²) in [6.07, 6.45) is 1.58. The van der Waals surface area contributed by atoms with Crippen molar-refractivity contribution in [2.24, 2.45) is 5.10 Å². The summed E-state index contributed by atoms with van der Waals surface area (Å²) in [5.74, 6) is -0.271. The molecule has 0 atom stereocenters. The third-order valence-electron chi connectivity index (χ3n) is 3.05. The highest BCUT2D eigenvalue weighted by Crippen LogP contribution is 2.19. The number of rotatable bonds is 5. The van der Waals surface area contributed by atoms with Crippen LogP contribution in [0.5, 0.6) is 0 Å². The van der Waals surface area contributed by atoms with Crippen LogP contribution in [-0.4, -0.2) is 27.7 Å². The Bertz CT molecular complexity index is 711. The van der Waals surface area contributed by atoms with Crippen LogP contribution in [0, 0.1) is 12.7 Å². The maximum absolute atomic E-state index is 12.9. The molecule has 0 aliphatic rings. The van der Waals surface area contributed by atoms with Gasteiger partial charge >= 0.3 is 0 Å². The number of hydrogen-bond donors (Lipinski definition) is 2. The van der Waals surface area contributed by atoms with E-state index in [1.165, 1.54) is 12.1 Å². The molecule has 0 amide bonds. The first-order valence-electron chi connectivity index (χ1n) is 7.05. The molecule has 0 unspecified atom stereocenters. The lowest BCUT2D eigenvalue weighted by Crippen LogP contribution is -2.31. The molecule has 5 nitrogen and oxygen atoms in total. The number of hydrogen-bond acceptors (Lipinski definition) is 3. The van der Waals surface area contributed by atoms with Gasteiger partial charge in [-0.3, -0.25) is 5.43 Å². The van der Waals surface area contributed by atoms with Crippen LogP contribution in [-0.2, 0) is 6.54 Å². The number of benzene rings is 1. The topological polar surface area (TPSA) is 54.2 Å². The zero-order valence-corrected chi connectivity index (χ0v) is 14.4. The third-order valence-corrected chi connectivity index (χ3v) is 3.69. The molecule has 122 valence electrons. The molecule has 0 spiro atoms. The standard InChI is InChI=1S/C15H17ClFN5S/c1-3-18-15(23)20-19-8-13-10(2)21-22(14(13)16)9-11-4-6-12(17)7-5-11/h4-8H,3,9H2,1-2H3,(H2,18,20,23). The van der Waals surface area contributed by atoms with E-state index >= 15 is 0 Å². The highest BCUT2D eigenvalue weighted by atomic mass is 35.5. The average Bonchev–Trinajstić information content (AvgIpc) is 2.77. The van der Waals surface area contributed by atoms with Crippen LogP contribution < -0.4 is 10.7 Å². The quantitative estimate of drug-likeness (QED) is 0.493. The monoisotopic (exact) mass is 353 g/mol. The van der Waals surface area contributed by atoms with Crippen LogP contribution >= 0.6 is 23.8 Å². The molecular formula is C15H17ClFN5S. The van der Waals surface area contributed by atoms with E-state index in [2.05, 4.69) is 20.9 Å². The van der Waals surface area contributed by atoms with Gasteiger partial charge in [-0.05, 0) is 43.8 Å². The molecule has 0 aliphatic heterocycles. The first-order valence-corrected chi connectivity index (χ1v) is 7.84. The lowest BCUT2D eigenvalue weighted by Gasteiger charge is -2.04. The highest BCUT2D eigenvalue weighted by Gasteiger charge is 2.12. The molecule has 1 heterocycles. The smallest absolute Gasteiger partial charge is 0.186 e. The zero-order valence-electron chi connectivity index (χ0n) is 12.8. The van der Waals surface area contributed by atoms with Gasteiger partial charge in [-0.2, -0.15) is 10.2 Å². The van der Waals surface area contributed by atoms with E-state index in [0.29, 0.717) is 22.4 Å². The molecular weight excluding hydrogens is 337 g/mol. The lowest BCUT2D eigenvalue weighted by atomic mass is 10.2. The second-order valence-electron chi connectivity index (χ2n) is 4.80. The fourth-order valence-corrected chi connectivity index (χ4v) is 2.42. The van der Waals surface area contributed by atoms with E-state index < -0.39 is 0 Å². The number of nitrogens with zero attached hydrogens (tertiary/aromatic N) is 3. The van der Waals surface area contributed by atoms with Crippen LogP contribution in [0.4, 0.5) is 4.39 Å². The van der Waals surface area contributed by atoms with E-state index in [4.69, 9.17) is 23.8 Å². The SMILES string of the molecule is CCNC(=S)NN=Cc1c(C)nn(Cc2ccc(F)cc2)c1Cl. The fourth-order valence-electron chi connectivity index (χ4n) is 1.94. The van der Waals surface area contributed by atoms with E-state index in [-0.39, 0.29) is 5.82 Å². The van der Waals surface area contributed by atoms with Gasteiger partial charge in [0.2, 0.25) is 0 Å². The van der Waals surface area contributed by atoms with Crippen LogP contribution in [0.3, 0.4) is 0 Å². The Hall–Kier alpha value is -1.99. The zero-order chi connectivity index (χ0) is 16.8. The molecule has 1 aromatic carbocycles. The van der Waals surface area contributed by atoms with E-state index in [1.54, 1.807) is 23.0 Å². The second-order valence-corrected chi connectivity index (χ2v) is 5.57. The predicted molar refractivity (Wildman–Crippen MR) is 94.5 cm³/mol. The van der Waals surface area contributed by atoms with Gasteiger partial charge in [-0.1, -0.05) is 23.7 Å². The minimum Gasteiger partial charge on any atom is -0.362 e. The third kappa shape index (κ3) is 4.74. The van der Waals surface area contributed by atoms with Crippen molar-refractivity contribution in [3.63, 3.8) is 0 Å². The average molecular weight is 354 g/mol. The molecule has 0 saturated heterocycles. The first-order chi connectivity index (χ1) is 11.0. The van der Waals surface area contributed by atoms with Gasteiger partial charge in [0.05, 0.1) is 24.0 Å². The summed E-state index contributed by atoms with van der Waals surface area (Å²) in [7, 11) is 0. The molecule has 0 fully saturated rings. The number of thiocarbonyl (C=S) groups is 1. The van der Waals surface area contributed by atoms with Crippen molar-refractivity contribution in [3.05, 3.63) is 52.1 Å². The van der Waals surface area contributed by atoms with Crippen LogP contribution in [0.1, 0.15) is 23.7 Å². The number of nitrogens with one attached hydrogen (secondary N) is 2. The van der Waals surface area contributed by atoms with Gasteiger partial charge < -0.3 is 5.32 Å².